The molecule has 0 aromatic rings. The largest absolute Gasteiger partial charge is 0.394 e. The zero-order valence-corrected chi connectivity index (χ0v) is 9.29. The van der Waals surface area contributed by atoms with Gasteiger partial charge in [0.25, 0.3) is 0 Å². The molecule has 0 atom stereocenters. The summed E-state index contributed by atoms with van der Waals surface area (Å²) in [5.74, 6) is 0.600. The van der Waals surface area contributed by atoms with Crippen LogP contribution in [0.25, 0.3) is 0 Å². The maximum Gasteiger partial charge on any atom is 0.0698 e. The Morgan fingerprint density at radius 3 is 2.29 bits per heavy atom. The average Bonchev–Trinajstić information content (AvgIpc) is 2.15. The van der Waals surface area contributed by atoms with Crippen LogP contribution in [0.15, 0.2) is 0 Å². The highest BCUT2D eigenvalue weighted by molar-refractivity contribution is 4.46. The SMILES string of the molecule is CC(C)COCCNCCOCCO. The van der Waals surface area contributed by atoms with E-state index in [1.54, 1.807) is 0 Å². The van der Waals surface area contributed by atoms with Gasteiger partial charge in [0.2, 0.25) is 0 Å². The molecule has 0 saturated carbocycles. The summed E-state index contributed by atoms with van der Waals surface area (Å²) in [7, 11) is 0. The minimum atomic E-state index is 0.0947. The van der Waals surface area contributed by atoms with Crippen LogP contribution in [-0.2, 0) is 9.47 Å². The molecule has 4 heteroatoms. The molecule has 0 unspecified atom stereocenters. The van der Waals surface area contributed by atoms with Crippen LogP contribution in [0.3, 0.4) is 0 Å². The van der Waals surface area contributed by atoms with Gasteiger partial charge in [-0.3, -0.25) is 0 Å². The molecular weight excluding hydrogens is 182 g/mol. The summed E-state index contributed by atoms with van der Waals surface area (Å²) in [6.45, 7) is 8.67. The molecule has 0 heterocycles. The zero-order valence-electron chi connectivity index (χ0n) is 9.29. The third-order valence-corrected chi connectivity index (χ3v) is 1.53. The van der Waals surface area contributed by atoms with E-state index in [1.165, 1.54) is 0 Å². The lowest BCUT2D eigenvalue weighted by Gasteiger charge is -2.07. The van der Waals surface area contributed by atoms with Crippen LogP contribution in [0.2, 0.25) is 0 Å². The van der Waals surface area contributed by atoms with Gasteiger partial charge in [-0.1, -0.05) is 13.8 Å². The summed E-state index contributed by atoms with van der Waals surface area (Å²) in [5, 5.41) is 11.6. The Morgan fingerprint density at radius 1 is 1.07 bits per heavy atom. The van der Waals surface area contributed by atoms with Crippen molar-refractivity contribution in [1.82, 2.24) is 5.32 Å². The van der Waals surface area contributed by atoms with Crippen LogP contribution in [0, 0.1) is 5.92 Å². The van der Waals surface area contributed by atoms with Crippen LogP contribution in [0.4, 0.5) is 0 Å². The molecule has 0 aromatic heterocycles. The highest BCUT2D eigenvalue weighted by atomic mass is 16.5. The number of hydrogen-bond acceptors (Lipinski definition) is 4. The number of aliphatic hydroxyl groups excluding tert-OH is 1. The van der Waals surface area contributed by atoms with Gasteiger partial charge in [-0.25, -0.2) is 0 Å². The maximum absolute atomic E-state index is 8.43. The minimum Gasteiger partial charge on any atom is -0.394 e. The fourth-order valence-corrected chi connectivity index (χ4v) is 0.899. The van der Waals surface area contributed by atoms with Gasteiger partial charge in [0.15, 0.2) is 0 Å². The van der Waals surface area contributed by atoms with Gasteiger partial charge in [0.05, 0.1) is 26.4 Å². The van der Waals surface area contributed by atoms with Crippen LogP contribution >= 0.6 is 0 Å². The Balaban J connectivity index is 2.85. The lowest BCUT2D eigenvalue weighted by Crippen LogP contribution is -2.25. The first-order valence-electron chi connectivity index (χ1n) is 5.24. The van der Waals surface area contributed by atoms with E-state index < -0.39 is 0 Å². The topological polar surface area (TPSA) is 50.7 Å². The quantitative estimate of drug-likeness (QED) is 0.502. The van der Waals surface area contributed by atoms with Crippen molar-refractivity contribution in [2.75, 3.05) is 46.1 Å². The van der Waals surface area contributed by atoms with Gasteiger partial charge in [-0.15, -0.1) is 0 Å². The summed E-state index contributed by atoms with van der Waals surface area (Å²) >= 11 is 0. The molecule has 0 saturated heterocycles. The van der Waals surface area contributed by atoms with Gasteiger partial charge in [-0.2, -0.15) is 0 Å². The Bertz CT molecular complexity index is 110. The maximum atomic E-state index is 8.43. The molecule has 0 aliphatic carbocycles. The molecule has 4 nitrogen and oxygen atoms in total. The van der Waals surface area contributed by atoms with Gasteiger partial charge < -0.3 is 19.9 Å². The van der Waals surface area contributed by atoms with E-state index in [4.69, 9.17) is 14.6 Å². The lowest BCUT2D eigenvalue weighted by molar-refractivity contribution is 0.0883. The molecule has 2 N–H and O–H groups in total. The van der Waals surface area contributed by atoms with Crippen molar-refractivity contribution >= 4 is 0 Å². The van der Waals surface area contributed by atoms with Crippen LogP contribution in [-0.4, -0.2) is 51.2 Å². The number of aliphatic hydroxyl groups is 1. The second-order valence-electron chi connectivity index (χ2n) is 3.55. The molecule has 0 aliphatic heterocycles. The number of ether oxygens (including phenoxy) is 2. The van der Waals surface area contributed by atoms with Gasteiger partial charge in [0.1, 0.15) is 0 Å². The first-order chi connectivity index (χ1) is 6.77. The molecule has 0 bridgehead atoms. The summed E-state index contributed by atoms with van der Waals surface area (Å²) in [6, 6.07) is 0. The van der Waals surface area contributed by atoms with E-state index in [1.807, 2.05) is 0 Å². The number of rotatable bonds is 10. The van der Waals surface area contributed by atoms with E-state index in [0.29, 0.717) is 19.1 Å². The van der Waals surface area contributed by atoms with Crippen molar-refractivity contribution in [2.24, 2.45) is 5.92 Å². The third-order valence-electron chi connectivity index (χ3n) is 1.53. The van der Waals surface area contributed by atoms with Crippen molar-refractivity contribution in [3.63, 3.8) is 0 Å². The average molecular weight is 205 g/mol. The highest BCUT2D eigenvalue weighted by Crippen LogP contribution is 1.90. The fourth-order valence-electron chi connectivity index (χ4n) is 0.899. The van der Waals surface area contributed by atoms with E-state index >= 15 is 0 Å². The Hall–Kier alpha value is -0.160. The molecule has 86 valence electrons. The second-order valence-corrected chi connectivity index (χ2v) is 3.55. The van der Waals surface area contributed by atoms with Crippen LogP contribution in [0.5, 0.6) is 0 Å². The van der Waals surface area contributed by atoms with E-state index in [9.17, 15) is 0 Å². The molecular formula is C10H23NO3. The van der Waals surface area contributed by atoms with Crippen molar-refractivity contribution in [3.8, 4) is 0 Å². The fraction of sp³-hybridized carbons (Fsp3) is 1.00. The van der Waals surface area contributed by atoms with Gasteiger partial charge in [-0.05, 0) is 5.92 Å². The standard InChI is InChI=1S/C10H23NO3/c1-10(2)9-14-7-4-11-3-6-13-8-5-12/h10-12H,3-9H2,1-2H3. The van der Waals surface area contributed by atoms with E-state index in [-0.39, 0.29) is 6.61 Å². The Kier molecular flexibility index (Phi) is 10.8. The Morgan fingerprint density at radius 2 is 1.71 bits per heavy atom. The zero-order chi connectivity index (χ0) is 10.6. The molecule has 0 aromatic carbocycles. The summed E-state index contributed by atoms with van der Waals surface area (Å²) < 4.78 is 10.5. The van der Waals surface area contributed by atoms with Crippen molar-refractivity contribution in [3.05, 3.63) is 0 Å². The summed E-state index contributed by atoms with van der Waals surface area (Å²) in [5.41, 5.74) is 0. The van der Waals surface area contributed by atoms with Gasteiger partial charge >= 0.3 is 0 Å². The molecule has 0 radical (unpaired) electrons. The lowest BCUT2D eigenvalue weighted by atomic mass is 10.2. The van der Waals surface area contributed by atoms with Crippen molar-refractivity contribution in [1.29, 1.82) is 0 Å². The third kappa shape index (κ3) is 11.8. The molecule has 0 spiro atoms. The van der Waals surface area contributed by atoms with Crippen molar-refractivity contribution in [2.45, 2.75) is 13.8 Å². The first kappa shape index (κ1) is 13.8. The number of hydrogen-bond donors (Lipinski definition) is 2. The van der Waals surface area contributed by atoms with E-state index in [0.717, 1.165) is 26.3 Å². The van der Waals surface area contributed by atoms with Crippen LogP contribution < -0.4 is 5.32 Å². The highest BCUT2D eigenvalue weighted by Gasteiger charge is 1.93. The number of nitrogens with one attached hydrogen (secondary N) is 1. The molecule has 0 fully saturated rings. The summed E-state index contributed by atoms with van der Waals surface area (Å²) in [6.07, 6.45) is 0. The van der Waals surface area contributed by atoms with Crippen molar-refractivity contribution < 1.29 is 14.6 Å². The molecule has 0 aliphatic rings. The molecule has 14 heavy (non-hydrogen) atoms. The minimum absolute atomic E-state index is 0.0947. The monoisotopic (exact) mass is 205 g/mol. The predicted molar refractivity (Wildman–Crippen MR) is 56.4 cm³/mol. The molecule has 0 rings (SSSR count). The van der Waals surface area contributed by atoms with Crippen LogP contribution in [0.1, 0.15) is 13.8 Å². The second kappa shape index (κ2) is 10.9. The predicted octanol–water partition coefficient (Wildman–Crippen LogP) is 0.258. The molecule has 0 amide bonds. The first-order valence-corrected chi connectivity index (χ1v) is 5.24. The van der Waals surface area contributed by atoms with E-state index in [2.05, 4.69) is 19.2 Å². The summed E-state index contributed by atoms with van der Waals surface area (Å²) in [4.78, 5) is 0. The smallest absolute Gasteiger partial charge is 0.0698 e. The normalized spacial score (nSPS) is 11.1. The van der Waals surface area contributed by atoms with Gasteiger partial charge in [0, 0.05) is 19.7 Å². The Labute approximate surface area is 86.6 Å².